The number of imidazole rings is 1. The molecule has 212 valence electrons. The van der Waals surface area contributed by atoms with Gasteiger partial charge < -0.3 is 25.1 Å². The number of benzene rings is 2. The Hall–Kier alpha value is -3.81. The van der Waals surface area contributed by atoms with E-state index in [9.17, 15) is 17.2 Å². The SMILES string of the molecule is COc1ncc(-c2ccc3nc(N)n(CCCNCC4CCCO4)c3c2)cc1NS(=O)(=O)c1ccc(F)cc1F. The minimum Gasteiger partial charge on any atom is -0.480 e. The number of hydrogen-bond donors (Lipinski definition) is 3. The summed E-state index contributed by atoms with van der Waals surface area (Å²) in [4.78, 5) is 7.99. The molecule has 10 nitrogen and oxygen atoms in total. The van der Waals surface area contributed by atoms with E-state index >= 15 is 0 Å². The van der Waals surface area contributed by atoms with Crippen molar-refractivity contribution in [2.24, 2.45) is 0 Å². The van der Waals surface area contributed by atoms with Gasteiger partial charge in [-0.3, -0.25) is 4.72 Å². The largest absolute Gasteiger partial charge is 0.480 e. The standard InChI is InChI=1S/C27H30F2N6O4S/c1-38-26-23(34-40(36,37)25-8-6-19(28)14-21(25)29)12-18(15-32-26)17-5-7-22-24(13-17)35(27(30)33-22)10-3-9-31-16-20-4-2-11-39-20/h5-8,12-15,20,31,34H,2-4,9-11,16H2,1H3,(H2,30,33). The van der Waals surface area contributed by atoms with Crippen molar-refractivity contribution in [3.05, 3.63) is 60.3 Å². The fourth-order valence-electron chi connectivity index (χ4n) is 4.73. The summed E-state index contributed by atoms with van der Waals surface area (Å²) in [6.45, 7) is 3.11. The minimum absolute atomic E-state index is 0.00541. The van der Waals surface area contributed by atoms with Crippen molar-refractivity contribution in [2.45, 2.75) is 36.8 Å². The zero-order valence-corrected chi connectivity index (χ0v) is 22.7. The molecule has 40 heavy (non-hydrogen) atoms. The highest BCUT2D eigenvalue weighted by Gasteiger charge is 2.22. The first-order valence-corrected chi connectivity index (χ1v) is 14.3. The third kappa shape index (κ3) is 6.01. The summed E-state index contributed by atoms with van der Waals surface area (Å²) in [6, 6.07) is 9.32. The lowest BCUT2D eigenvalue weighted by Gasteiger charge is -2.14. The third-order valence-corrected chi connectivity index (χ3v) is 8.11. The second-order valence-corrected chi connectivity index (χ2v) is 11.1. The smallest absolute Gasteiger partial charge is 0.264 e. The number of halogens is 2. The number of nitrogens with two attached hydrogens (primary N) is 1. The van der Waals surface area contributed by atoms with Crippen LogP contribution in [-0.2, 0) is 21.3 Å². The molecule has 0 saturated carbocycles. The average molecular weight is 573 g/mol. The van der Waals surface area contributed by atoms with Crippen molar-refractivity contribution in [1.29, 1.82) is 0 Å². The van der Waals surface area contributed by atoms with Crippen LogP contribution in [0.15, 0.2) is 53.6 Å². The van der Waals surface area contributed by atoms with E-state index in [4.69, 9.17) is 15.2 Å². The maximum atomic E-state index is 14.2. The van der Waals surface area contributed by atoms with E-state index in [2.05, 4.69) is 20.0 Å². The molecule has 1 unspecified atom stereocenters. The molecule has 2 aromatic heterocycles. The summed E-state index contributed by atoms with van der Waals surface area (Å²) in [7, 11) is -3.07. The molecule has 3 heterocycles. The Morgan fingerprint density at radius 3 is 2.77 bits per heavy atom. The van der Waals surface area contributed by atoms with Crippen molar-refractivity contribution < 1.29 is 26.7 Å². The fraction of sp³-hybridized carbons (Fsp3) is 0.333. The van der Waals surface area contributed by atoms with Gasteiger partial charge in [0, 0.05) is 37.5 Å². The first-order valence-electron chi connectivity index (χ1n) is 12.9. The monoisotopic (exact) mass is 572 g/mol. The number of pyridine rings is 1. The Balaban J connectivity index is 1.37. The van der Waals surface area contributed by atoms with E-state index in [1.807, 2.05) is 22.8 Å². The van der Waals surface area contributed by atoms with Crippen LogP contribution in [0.4, 0.5) is 20.4 Å². The van der Waals surface area contributed by atoms with Crippen LogP contribution in [0.25, 0.3) is 22.2 Å². The van der Waals surface area contributed by atoms with Crippen LogP contribution in [0.2, 0.25) is 0 Å². The molecule has 0 bridgehead atoms. The fourth-order valence-corrected chi connectivity index (χ4v) is 5.83. The van der Waals surface area contributed by atoms with Crippen LogP contribution in [-0.4, -0.2) is 55.9 Å². The van der Waals surface area contributed by atoms with Crippen molar-refractivity contribution >= 4 is 32.7 Å². The topological polar surface area (TPSA) is 133 Å². The first kappa shape index (κ1) is 27.7. The predicted molar refractivity (Wildman–Crippen MR) is 148 cm³/mol. The van der Waals surface area contributed by atoms with Gasteiger partial charge in [-0.2, -0.15) is 0 Å². The molecule has 0 radical (unpaired) electrons. The van der Waals surface area contributed by atoms with E-state index in [1.165, 1.54) is 19.4 Å². The highest BCUT2D eigenvalue weighted by molar-refractivity contribution is 7.92. The summed E-state index contributed by atoms with van der Waals surface area (Å²) in [5.41, 5.74) is 9.06. The lowest BCUT2D eigenvalue weighted by molar-refractivity contribution is 0.110. The number of nitrogens with zero attached hydrogens (tertiary/aromatic N) is 3. The number of nitrogens with one attached hydrogen (secondary N) is 2. The van der Waals surface area contributed by atoms with Gasteiger partial charge in [-0.15, -0.1) is 0 Å². The summed E-state index contributed by atoms with van der Waals surface area (Å²) in [6.07, 6.45) is 4.85. The average Bonchev–Trinajstić information content (AvgIpc) is 3.55. The molecule has 0 aliphatic carbocycles. The molecule has 1 aliphatic heterocycles. The van der Waals surface area contributed by atoms with Gasteiger partial charge in [-0.25, -0.2) is 27.2 Å². The van der Waals surface area contributed by atoms with E-state index in [-0.39, 0.29) is 17.7 Å². The Morgan fingerprint density at radius 2 is 2.02 bits per heavy atom. The van der Waals surface area contributed by atoms with Gasteiger partial charge in [0.2, 0.25) is 11.8 Å². The van der Waals surface area contributed by atoms with Crippen molar-refractivity contribution in [3.63, 3.8) is 0 Å². The quantitative estimate of drug-likeness (QED) is 0.230. The van der Waals surface area contributed by atoms with Crippen LogP contribution in [0.5, 0.6) is 5.88 Å². The van der Waals surface area contributed by atoms with E-state index in [1.54, 1.807) is 0 Å². The number of aromatic nitrogens is 3. The maximum Gasteiger partial charge on any atom is 0.264 e. The Morgan fingerprint density at radius 1 is 1.18 bits per heavy atom. The van der Waals surface area contributed by atoms with E-state index in [0.29, 0.717) is 24.1 Å². The van der Waals surface area contributed by atoms with Crippen LogP contribution in [0.3, 0.4) is 0 Å². The second kappa shape index (κ2) is 11.7. The maximum absolute atomic E-state index is 14.2. The van der Waals surface area contributed by atoms with Gasteiger partial charge >= 0.3 is 0 Å². The molecule has 13 heteroatoms. The lowest BCUT2D eigenvalue weighted by Crippen LogP contribution is -2.27. The number of ether oxygens (including phenoxy) is 2. The van der Waals surface area contributed by atoms with Gasteiger partial charge in [0.05, 0.1) is 24.2 Å². The summed E-state index contributed by atoms with van der Waals surface area (Å²) >= 11 is 0. The van der Waals surface area contributed by atoms with Gasteiger partial charge in [0.15, 0.2) is 0 Å². The third-order valence-electron chi connectivity index (χ3n) is 6.71. The summed E-state index contributed by atoms with van der Waals surface area (Å²) in [5.74, 6) is -1.72. The molecule has 0 spiro atoms. The molecule has 2 aromatic carbocycles. The molecular formula is C27H30F2N6O4S. The number of hydrogen-bond acceptors (Lipinski definition) is 8. The zero-order chi connectivity index (χ0) is 28.3. The Kier molecular flexibility index (Phi) is 8.14. The highest BCUT2D eigenvalue weighted by Crippen LogP contribution is 2.32. The number of anilines is 2. The number of fused-ring (bicyclic) bond motifs is 1. The molecule has 1 aliphatic rings. The first-order chi connectivity index (χ1) is 19.2. The van der Waals surface area contributed by atoms with Crippen LogP contribution in [0, 0.1) is 11.6 Å². The number of nitrogen functional groups attached to an aromatic ring is 1. The number of rotatable bonds is 11. The number of aryl methyl sites for hydroxylation is 1. The zero-order valence-electron chi connectivity index (χ0n) is 21.9. The second-order valence-electron chi connectivity index (χ2n) is 9.48. The van der Waals surface area contributed by atoms with Gasteiger partial charge in [0.25, 0.3) is 10.0 Å². The minimum atomic E-state index is -4.41. The molecule has 4 N–H and O–H groups in total. The van der Waals surface area contributed by atoms with Gasteiger partial charge in [0.1, 0.15) is 22.2 Å². The van der Waals surface area contributed by atoms with Gasteiger partial charge in [-0.1, -0.05) is 6.07 Å². The molecule has 5 rings (SSSR count). The molecule has 1 fully saturated rings. The van der Waals surface area contributed by atoms with Crippen molar-refractivity contribution in [2.75, 3.05) is 37.3 Å². The lowest BCUT2D eigenvalue weighted by atomic mass is 10.1. The predicted octanol–water partition coefficient (Wildman–Crippen LogP) is 3.93. The normalized spacial score (nSPS) is 15.5. The highest BCUT2D eigenvalue weighted by atomic mass is 32.2. The van der Waals surface area contributed by atoms with Crippen LogP contribution in [0.1, 0.15) is 19.3 Å². The van der Waals surface area contributed by atoms with E-state index < -0.39 is 26.6 Å². The van der Waals surface area contributed by atoms with Crippen molar-refractivity contribution in [1.82, 2.24) is 19.9 Å². The van der Waals surface area contributed by atoms with Gasteiger partial charge in [-0.05, 0) is 61.7 Å². The van der Waals surface area contributed by atoms with Crippen molar-refractivity contribution in [3.8, 4) is 17.0 Å². The molecular weight excluding hydrogens is 542 g/mol. The Bertz CT molecular complexity index is 1620. The van der Waals surface area contributed by atoms with Crippen LogP contribution < -0.4 is 20.5 Å². The van der Waals surface area contributed by atoms with Crippen LogP contribution >= 0.6 is 0 Å². The summed E-state index contributed by atoms with van der Waals surface area (Å²) < 4.78 is 68.4. The summed E-state index contributed by atoms with van der Waals surface area (Å²) in [5, 5.41) is 3.43. The van der Waals surface area contributed by atoms with E-state index in [0.717, 1.165) is 67.7 Å². The number of methoxy groups -OCH3 is 1. The number of sulfonamides is 1. The Labute approximate surface area is 230 Å². The molecule has 1 saturated heterocycles. The molecule has 4 aromatic rings. The molecule has 0 amide bonds. The molecule has 1 atom stereocenters.